The van der Waals surface area contributed by atoms with E-state index in [4.69, 9.17) is 37.9 Å². The van der Waals surface area contributed by atoms with E-state index in [1.165, 1.54) is 36.4 Å². The van der Waals surface area contributed by atoms with E-state index in [0.717, 1.165) is 11.1 Å². The first kappa shape index (κ1) is 89.0. The van der Waals surface area contributed by atoms with Crippen LogP contribution in [0.4, 0.5) is 17.1 Å². The van der Waals surface area contributed by atoms with E-state index in [2.05, 4.69) is 37.8 Å². The highest BCUT2D eigenvalue weighted by molar-refractivity contribution is 7.86. The second kappa shape index (κ2) is 40.7. The molecule has 0 spiro atoms. The number of allylic oxidation sites excluding steroid dienone is 8. The summed E-state index contributed by atoms with van der Waals surface area (Å²) in [6.45, 7) is 11.2. The number of para-hydroxylation sites is 1. The van der Waals surface area contributed by atoms with Crippen LogP contribution in [0.5, 0.6) is 0 Å². The number of anilines is 2. The third-order valence-electron chi connectivity index (χ3n) is 19.3. The van der Waals surface area contributed by atoms with Crippen LogP contribution in [0.15, 0.2) is 161 Å². The van der Waals surface area contributed by atoms with Crippen molar-refractivity contribution in [2.75, 3.05) is 134 Å². The highest BCUT2D eigenvalue weighted by atomic mass is 32.2. The Bertz CT molecular complexity index is 5290. The Balaban J connectivity index is 1.12. The Kier molecular flexibility index (Phi) is 31.2. The van der Waals surface area contributed by atoms with Crippen LogP contribution in [0, 0.1) is 11.8 Å². The minimum atomic E-state index is -4.73. The fraction of sp³-hybridized carbons (Fsp3) is 0.412. The molecule has 10 rings (SSSR count). The maximum Gasteiger partial charge on any atom is 0.294 e. The fourth-order valence-corrected chi connectivity index (χ4v) is 15.7. The first-order valence-electron chi connectivity index (χ1n) is 37.3. The van der Waals surface area contributed by atoms with Crippen molar-refractivity contribution in [3.63, 3.8) is 0 Å². The van der Waals surface area contributed by atoms with E-state index in [1.54, 1.807) is 98.9 Å². The van der Waals surface area contributed by atoms with Crippen molar-refractivity contribution in [2.45, 2.75) is 100 Å². The number of nitrogens with zero attached hydrogens (tertiary/aromatic N) is 9. The van der Waals surface area contributed by atoms with E-state index in [-0.39, 0.29) is 119 Å². The van der Waals surface area contributed by atoms with Crippen molar-refractivity contribution in [3.8, 4) is 11.8 Å². The van der Waals surface area contributed by atoms with Gasteiger partial charge in [-0.1, -0.05) is 90.8 Å². The van der Waals surface area contributed by atoms with E-state index in [1.807, 2.05) is 76.2 Å². The lowest BCUT2D eigenvalue weighted by molar-refractivity contribution is -0.437. The van der Waals surface area contributed by atoms with E-state index < -0.39 is 68.7 Å². The normalized spacial score (nSPS) is 15.1. The molecule has 36 heteroatoms. The summed E-state index contributed by atoms with van der Waals surface area (Å²) < 4.78 is 190. The zero-order chi connectivity index (χ0) is 83.3. The smallest absolute Gasteiger partial charge is 0.294 e. The van der Waals surface area contributed by atoms with Gasteiger partial charge in [0, 0.05) is 91.3 Å². The molecule has 622 valence electrons. The number of methoxy groups -OCH3 is 2. The molecule has 0 saturated carbocycles. The van der Waals surface area contributed by atoms with Crippen molar-refractivity contribution in [1.29, 1.82) is 0 Å². The molecule has 3 aliphatic heterocycles. The Morgan fingerprint density at radius 3 is 1.70 bits per heavy atom. The van der Waals surface area contributed by atoms with Crippen LogP contribution < -0.4 is 15.1 Å². The largest absolute Gasteiger partial charge is 0.382 e. The second-order valence-corrected chi connectivity index (χ2v) is 34.3. The van der Waals surface area contributed by atoms with Crippen molar-refractivity contribution in [1.82, 2.24) is 35.3 Å². The molecule has 0 saturated heterocycles. The van der Waals surface area contributed by atoms with Gasteiger partial charge in [0.25, 0.3) is 46.4 Å². The SMILES string of the molecule is COCCOCCOCCOCc1cn(Cc2cc(C(=O)NCCC(=O)N3Cc4ccccc4C#Cc4ccccc43)cc(Cn3cc(COCCOCCOCCOC)nn3)c2C(C=CC=C2N(CCCS(=O)(=O)O)c3ccc(S(=O)(=O)O)cc3C2(C)C)=CC=CC2=[N+](CCCS(=O)(=O)O)c3ccc(S(=O)(=O)O)cc3C2(C)C)nn1. The molecule has 0 atom stereocenters. The topological polar surface area (TPSA) is 408 Å². The van der Waals surface area contributed by atoms with Gasteiger partial charge in [-0.2, -0.15) is 38.2 Å². The molecule has 0 bridgehead atoms. The summed E-state index contributed by atoms with van der Waals surface area (Å²) in [5.74, 6) is 4.36. The predicted octanol–water partition coefficient (Wildman–Crippen LogP) is 7.73. The van der Waals surface area contributed by atoms with Crippen LogP contribution in [-0.4, -0.2) is 229 Å². The third kappa shape index (κ3) is 24.6. The molecule has 3 aliphatic rings. The summed E-state index contributed by atoms with van der Waals surface area (Å²) >= 11 is 0. The van der Waals surface area contributed by atoms with Crippen molar-refractivity contribution in [2.24, 2.45) is 0 Å². The van der Waals surface area contributed by atoms with Gasteiger partial charge in [0.05, 0.1) is 157 Å². The number of ether oxygens (including phenoxy) is 8. The third-order valence-corrected chi connectivity index (χ3v) is 22.6. The lowest BCUT2D eigenvalue weighted by Crippen LogP contribution is -2.35. The molecule has 0 aliphatic carbocycles. The summed E-state index contributed by atoms with van der Waals surface area (Å²) in [7, 11) is -15.2. The first-order valence-corrected chi connectivity index (χ1v) is 43.4. The number of aromatic nitrogens is 6. The van der Waals surface area contributed by atoms with Crippen LogP contribution in [0.3, 0.4) is 0 Å². The second-order valence-electron chi connectivity index (χ2n) is 28.4. The number of benzene rings is 5. The Morgan fingerprint density at radius 1 is 0.595 bits per heavy atom. The molecule has 5 aromatic carbocycles. The molecule has 0 unspecified atom stereocenters. The number of fused-ring (bicyclic) bond motifs is 4. The molecule has 7 aromatic rings. The lowest BCUT2D eigenvalue weighted by Gasteiger charge is -2.27. The molecule has 32 nitrogen and oxygen atoms in total. The number of amides is 2. The predicted molar refractivity (Wildman–Crippen MR) is 430 cm³/mol. The number of carbonyl (C=O) groups excluding carboxylic acids is 2. The molecule has 2 aromatic heterocycles. The monoisotopic (exact) mass is 1680 g/mol. The average Bonchev–Trinajstić information content (AvgIpc) is 1.59. The number of carbonyl (C=O) groups is 2. The molecular formula is C80H97N10O22S4+. The molecule has 0 fully saturated rings. The number of rotatable bonds is 45. The van der Waals surface area contributed by atoms with E-state index >= 15 is 4.79 Å². The Morgan fingerprint density at radius 2 is 1.12 bits per heavy atom. The summed E-state index contributed by atoms with van der Waals surface area (Å²) in [5, 5.41) is 21.1. The van der Waals surface area contributed by atoms with Gasteiger partial charge in [0.2, 0.25) is 11.6 Å². The van der Waals surface area contributed by atoms with Gasteiger partial charge in [-0.05, 0) is 120 Å². The minimum Gasteiger partial charge on any atom is -0.382 e. The van der Waals surface area contributed by atoms with Crippen LogP contribution in [-0.2, 0) is 127 Å². The Labute approximate surface area is 675 Å². The molecular weight excluding hydrogens is 1580 g/mol. The van der Waals surface area contributed by atoms with Gasteiger partial charge < -0.3 is 53.0 Å². The highest BCUT2D eigenvalue weighted by Gasteiger charge is 2.45. The highest BCUT2D eigenvalue weighted by Crippen LogP contribution is 2.49. The number of hydrogen-bond donors (Lipinski definition) is 5. The average molecular weight is 1680 g/mol. The minimum absolute atomic E-state index is 0.00534. The Hall–Kier alpha value is -9.37. The number of nitrogens with one attached hydrogen (secondary N) is 1. The van der Waals surface area contributed by atoms with Crippen molar-refractivity contribution < 1.29 is 104 Å². The van der Waals surface area contributed by atoms with Crippen LogP contribution in [0.2, 0.25) is 0 Å². The zero-order valence-corrected chi connectivity index (χ0v) is 68.6. The van der Waals surface area contributed by atoms with Crippen molar-refractivity contribution >= 4 is 80.6 Å². The fourth-order valence-electron chi connectivity index (χ4n) is 13.7. The summed E-state index contributed by atoms with van der Waals surface area (Å²) in [6, 6.07) is 26.4. The first-order chi connectivity index (χ1) is 55.3. The molecule has 0 radical (unpaired) electrons. The van der Waals surface area contributed by atoms with E-state index in [0.29, 0.717) is 132 Å². The standard InChI is InChI=1S/C80H96N10O22S4/c1-79(2)69-49-67(115(99,100)101)25-27-72(69)88(31-13-45-113(93,94)95)74(79)21-11-18-60(19-12-22-75-80(3,4)70-50-68(116(102,103)104)26-28-73(70)89(75)32-14-46-114(96,97)98)77-63(51-86-54-65(82-84-86)56-111-43-41-109-39-37-107-35-33-105-5)47-62(48-64(77)52-87-55-66(83-85-87)57-112-44-42-110-40-38-108-36-34-106-6)78(92)81-30-29-76(91)90-53-61-17-8-7-15-58(61)23-24-59-16-9-10-20-71(59)90/h7-12,15-22,25-28,47-50,54-55H,13-14,29-46,51-53,56-57H2,1-6H3,(H4-,81,92,93,94,95,96,97,98,99,100,101,102,103,104)/p+1. The van der Waals surface area contributed by atoms with Gasteiger partial charge in [-0.3, -0.25) is 27.8 Å². The zero-order valence-electron chi connectivity index (χ0n) is 65.3. The van der Waals surface area contributed by atoms with Crippen LogP contribution >= 0.6 is 0 Å². The van der Waals surface area contributed by atoms with Gasteiger partial charge in [-0.25, -0.2) is 9.36 Å². The maximum absolute atomic E-state index is 15.3. The molecule has 5 N–H and O–H groups in total. The quantitative estimate of drug-likeness (QED) is 0.00801. The van der Waals surface area contributed by atoms with E-state index in [9.17, 15) is 56.7 Å². The molecule has 5 heterocycles. The van der Waals surface area contributed by atoms with Crippen LogP contribution in [0.1, 0.15) is 113 Å². The van der Waals surface area contributed by atoms with Crippen molar-refractivity contribution in [3.05, 3.63) is 213 Å². The lowest BCUT2D eigenvalue weighted by atomic mass is 9.81. The van der Waals surface area contributed by atoms with Gasteiger partial charge in [0.15, 0.2) is 5.71 Å². The maximum atomic E-state index is 15.3. The van der Waals surface area contributed by atoms with Gasteiger partial charge >= 0.3 is 0 Å². The summed E-state index contributed by atoms with van der Waals surface area (Å²) in [5.41, 5.74) is 6.47. The molecule has 2 amide bonds. The summed E-state index contributed by atoms with van der Waals surface area (Å²) in [4.78, 5) is 32.6. The summed E-state index contributed by atoms with van der Waals surface area (Å²) in [6.07, 6.45) is 13.5. The number of hydrogen-bond acceptors (Lipinski definition) is 23. The molecule has 116 heavy (non-hydrogen) atoms. The van der Waals surface area contributed by atoms with Gasteiger partial charge in [0.1, 0.15) is 17.9 Å². The van der Waals surface area contributed by atoms with Gasteiger partial charge in [-0.15, -0.1) is 10.2 Å². The van der Waals surface area contributed by atoms with Crippen LogP contribution in [0.25, 0.3) is 5.57 Å².